The van der Waals surface area contributed by atoms with Crippen LogP contribution in [0.15, 0.2) is 41.1 Å². The van der Waals surface area contributed by atoms with E-state index in [1.807, 2.05) is 0 Å². The molecule has 18 heavy (non-hydrogen) atoms. The van der Waals surface area contributed by atoms with Crippen molar-refractivity contribution in [2.24, 2.45) is 0 Å². The summed E-state index contributed by atoms with van der Waals surface area (Å²) in [6.07, 6.45) is 2.06. The lowest BCUT2D eigenvalue weighted by Crippen LogP contribution is -2.27. The van der Waals surface area contributed by atoms with Crippen LogP contribution in [0.2, 0.25) is 0 Å². The highest BCUT2D eigenvalue weighted by molar-refractivity contribution is 7.07. The molecule has 0 aliphatic heterocycles. The van der Waals surface area contributed by atoms with E-state index >= 15 is 0 Å². The van der Waals surface area contributed by atoms with Crippen LogP contribution in [0.25, 0.3) is 0 Å². The summed E-state index contributed by atoms with van der Waals surface area (Å²) in [5, 5.41) is 8.12. The second-order valence-corrected chi connectivity index (χ2v) is 6.07. The van der Waals surface area contributed by atoms with Crippen molar-refractivity contribution in [2.45, 2.75) is 24.3 Å². The quantitative estimate of drug-likeness (QED) is 0.839. The summed E-state index contributed by atoms with van der Waals surface area (Å²) in [4.78, 5) is 0. The normalized spacial score (nSPS) is 22.1. The number of fused-ring (bicyclic) bond motifs is 1. The van der Waals surface area contributed by atoms with Gasteiger partial charge in [0, 0.05) is 6.04 Å². The number of hydrogen-bond donors (Lipinski definition) is 1. The molecule has 0 amide bonds. The molecule has 1 aromatic heterocycles. The first kappa shape index (κ1) is 12.2. The summed E-state index contributed by atoms with van der Waals surface area (Å²) in [6, 6.07) is 11.1. The minimum absolute atomic E-state index is 0.185. The summed E-state index contributed by atoms with van der Waals surface area (Å²) >= 11 is 8.20. The molecule has 2 unspecified atom stereocenters. The lowest BCUT2D eigenvalue weighted by molar-refractivity contribution is 0.539. The van der Waals surface area contributed by atoms with Gasteiger partial charge >= 0.3 is 0 Å². The van der Waals surface area contributed by atoms with Crippen LogP contribution in [0.3, 0.4) is 0 Å². The van der Waals surface area contributed by atoms with Gasteiger partial charge in [-0.3, -0.25) is 0 Å². The molecule has 1 aliphatic rings. The van der Waals surface area contributed by atoms with Crippen molar-refractivity contribution in [3.05, 3.63) is 57.8 Å². The Labute approximate surface area is 117 Å². The van der Waals surface area contributed by atoms with E-state index < -0.39 is 0 Å². The predicted octanol–water partition coefficient (Wildman–Crippen LogP) is 3.79. The lowest BCUT2D eigenvalue weighted by Gasteiger charge is -2.17. The lowest BCUT2D eigenvalue weighted by atomic mass is 10.1. The molecule has 1 aliphatic carbocycles. The Morgan fingerprint density at radius 3 is 3.00 bits per heavy atom. The van der Waals surface area contributed by atoms with Gasteiger partial charge in [0.1, 0.15) is 0 Å². The minimum Gasteiger partial charge on any atom is -0.308 e. The van der Waals surface area contributed by atoms with Gasteiger partial charge in [-0.15, -0.1) is 11.6 Å². The molecular formula is C15H16ClNS. The maximum absolute atomic E-state index is 6.44. The monoisotopic (exact) mass is 277 g/mol. The zero-order valence-electron chi connectivity index (χ0n) is 10.1. The van der Waals surface area contributed by atoms with Gasteiger partial charge in [0.15, 0.2) is 0 Å². The molecule has 0 saturated heterocycles. The number of alkyl halides is 1. The van der Waals surface area contributed by atoms with Gasteiger partial charge in [0.2, 0.25) is 0 Å². The Morgan fingerprint density at radius 2 is 2.17 bits per heavy atom. The Morgan fingerprint density at radius 1 is 1.28 bits per heavy atom. The highest BCUT2D eigenvalue weighted by Gasteiger charge is 2.29. The number of hydrogen-bond acceptors (Lipinski definition) is 2. The smallest absolute Gasteiger partial charge is 0.0571 e. The van der Waals surface area contributed by atoms with Crippen molar-refractivity contribution in [1.82, 2.24) is 5.32 Å². The van der Waals surface area contributed by atoms with Crippen LogP contribution in [0.1, 0.15) is 22.7 Å². The molecular weight excluding hydrogens is 262 g/mol. The first-order valence-electron chi connectivity index (χ1n) is 6.31. The third-order valence-electron chi connectivity index (χ3n) is 3.52. The largest absolute Gasteiger partial charge is 0.308 e. The van der Waals surface area contributed by atoms with Crippen LogP contribution in [-0.4, -0.2) is 11.9 Å². The molecule has 94 valence electrons. The summed E-state index contributed by atoms with van der Waals surface area (Å²) < 4.78 is 0. The topological polar surface area (TPSA) is 12.0 Å². The second kappa shape index (κ2) is 5.43. The third-order valence-corrected chi connectivity index (χ3v) is 4.66. The van der Waals surface area contributed by atoms with E-state index in [9.17, 15) is 0 Å². The van der Waals surface area contributed by atoms with Gasteiger partial charge in [0.25, 0.3) is 0 Å². The van der Waals surface area contributed by atoms with Gasteiger partial charge in [-0.05, 0) is 52.9 Å². The first-order valence-corrected chi connectivity index (χ1v) is 7.69. The van der Waals surface area contributed by atoms with E-state index in [1.165, 1.54) is 16.7 Å². The highest BCUT2D eigenvalue weighted by atomic mass is 35.5. The Balaban J connectivity index is 1.63. The molecule has 2 aromatic rings. The third kappa shape index (κ3) is 2.46. The summed E-state index contributed by atoms with van der Waals surface area (Å²) in [7, 11) is 0. The van der Waals surface area contributed by atoms with Crippen LogP contribution in [-0.2, 0) is 12.8 Å². The zero-order valence-corrected chi connectivity index (χ0v) is 11.7. The molecule has 0 fully saturated rings. The van der Waals surface area contributed by atoms with Crippen molar-refractivity contribution in [2.75, 3.05) is 6.54 Å². The number of nitrogens with one attached hydrogen (secondary N) is 1. The van der Waals surface area contributed by atoms with E-state index in [2.05, 4.69) is 46.4 Å². The van der Waals surface area contributed by atoms with Gasteiger partial charge in [0.05, 0.1) is 5.38 Å². The maximum Gasteiger partial charge on any atom is 0.0571 e. The van der Waals surface area contributed by atoms with Gasteiger partial charge in [-0.2, -0.15) is 11.3 Å². The molecule has 0 radical (unpaired) electrons. The van der Waals surface area contributed by atoms with E-state index in [0.717, 1.165) is 19.4 Å². The molecule has 0 spiro atoms. The van der Waals surface area contributed by atoms with Crippen molar-refractivity contribution in [3.8, 4) is 0 Å². The van der Waals surface area contributed by atoms with E-state index in [1.54, 1.807) is 11.3 Å². The maximum atomic E-state index is 6.44. The fraction of sp³-hybridized carbons (Fsp3) is 0.333. The van der Waals surface area contributed by atoms with Crippen LogP contribution in [0, 0.1) is 0 Å². The molecule has 1 nitrogen and oxygen atoms in total. The Kier molecular flexibility index (Phi) is 3.69. The summed E-state index contributed by atoms with van der Waals surface area (Å²) in [5.41, 5.74) is 4.18. The Hall–Kier alpha value is -0.830. The van der Waals surface area contributed by atoms with E-state index in [0.29, 0.717) is 6.04 Å². The number of benzene rings is 1. The molecule has 2 atom stereocenters. The van der Waals surface area contributed by atoms with Crippen molar-refractivity contribution >= 4 is 22.9 Å². The summed E-state index contributed by atoms with van der Waals surface area (Å²) in [5.74, 6) is 0. The molecule has 0 bridgehead atoms. The van der Waals surface area contributed by atoms with Crippen LogP contribution < -0.4 is 5.32 Å². The standard InChI is InChI=1S/C15H16ClNS/c16-14-9-12-3-1-2-4-13(12)15(14)17-7-5-11-6-8-18-10-11/h1-4,6,8,10,14-15,17H,5,7,9H2. The number of rotatable bonds is 4. The van der Waals surface area contributed by atoms with Crippen LogP contribution in [0.5, 0.6) is 0 Å². The van der Waals surface area contributed by atoms with Crippen molar-refractivity contribution in [3.63, 3.8) is 0 Å². The predicted molar refractivity (Wildman–Crippen MR) is 78.6 cm³/mol. The van der Waals surface area contributed by atoms with Crippen molar-refractivity contribution in [1.29, 1.82) is 0 Å². The zero-order chi connectivity index (χ0) is 12.4. The SMILES string of the molecule is ClC1Cc2ccccc2C1NCCc1ccsc1. The van der Waals surface area contributed by atoms with Crippen LogP contribution >= 0.6 is 22.9 Å². The van der Waals surface area contributed by atoms with Gasteiger partial charge in [-0.1, -0.05) is 24.3 Å². The summed E-state index contributed by atoms with van der Waals surface area (Å²) in [6.45, 7) is 0.985. The average Bonchev–Trinajstić information content (AvgIpc) is 2.98. The van der Waals surface area contributed by atoms with Gasteiger partial charge < -0.3 is 5.32 Å². The van der Waals surface area contributed by atoms with E-state index in [4.69, 9.17) is 11.6 Å². The minimum atomic E-state index is 0.185. The molecule has 3 rings (SSSR count). The molecule has 0 saturated carbocycles. The second-order valence-electron chi connectivity index (χ2n) is 4.73. The molecule has 3 heteroatoms. The van der Waals surface area contributed by atoms with Crippen LogP contribution in [0.4, 0.5) is 0 Å². The Bertz CT molecular complexity index is 509. The number of halogens is 1. The molecule has 1 aromatic carbocycles. The highest BCUT2D eigenvalue weighted by Crippen LogP contribution is 2.34. The van der Waals surface area contributed by atoms with Crippen molar-refractivity contribution < 1.29 is 0 Å². The fourth-order valence-corrected chi connectivity index (χ4v) is 3.69. The van der Waals surface area contributed by atoms with E-state index in [-0.39, 0.29) is 5.38 Å². The fourth-order valence-electron chi connectivity index (χ4n) is 2.59. The van der Waals surface area contributed by atoms with Gasteiger partial charge in [-0.25, -0.2) is 0 Å². The molecule has 1 N–H and O–H groups in total. The number of thiophene rings is 1. The molecule has 1 heterocycles. The average molecular weight is 278 g/mol. The first-order chi connectivity index (χ1) is 8.84.